The Hall–Kier alpha value is -0.870. The Morgan fingerprint density at radius 2 is 2.47 bits per heavy atom. The van der Waals surface area contributed by atoms with E-state index in [0.717, 1.165) is 26.1 Å². The highest BCUT2D eigenvalue weighted by Crippen LogP contribution is 2.12. The Bertz CT molecular complexity index is 256. The lowest BCUT2D eigenvalue weighted by Crippen LogP contribution is -2.38. The molecule has 2 atom stereocenters. The van der Waals surface area contributed by atoms with Crippen LogP contribution in [0.1, 0.15) is 19.8 Å². The number of likely N-dealkylation sites (tertiary alicyclic amines) is 1. The van der Waals surface area contributed by atoms with Gasteiger partial charge in [-0.1, -0.05) is 6.08 Å². The van der Waals surface area contributed by atoms with Crippen LogP contribution in [0.25, 0.3) is 0 Å². The quantitative estimate of drug-likeness (QED) is 0.534. The second kappa shape index (κ2) is 7.45. The third-order valence-electron chi connectivity index (χ3n) is 3.11. The largest absolute Gasteiger partial charge is 0.368 e. The molecule has 0 unspecified atom stereocenters. The summed E-state index contributed by atoms with van der Waals surface area (Å²) in [7, 11) is 2.11. The SMILES string of the molecule is C=CCCO[C@H](C)C(=O)NC[C@H]1CCN(C)C1. The molecule has 0 saturated carbocycles. The van der Waals surface area contributed by atoms with Gasteiger partial charge in [-0.15, -0.1) is 6.58 Å². The molecular formula is C13H24N2O2. The third-order valence-corrected chi connectivity index (χ3v) is 3.11. The minimum Gasteiger partial charge on any atom is -0.368 e. The smallest absolute Gasteiger partial charge is 0.248 e. The van der Waals surface area contributed by atoms with E-state index in [0.29, 0.717) is 12.5 Å². The van der Waals surface area contributed by atoms with Gasteiger partial charge in [0.2, 0.25) is 5.91 Å². The van der Waals surface area contributed by atoms with Gasteiger partial charge in [-0.05, 0) is 39.3 Å². The minimum absolute atomic E-state index is 0.0105. The summed E-state index contributed by atoms with van der Waals surface area (Å²) in [6.45, 7) is 8.93. The van der Waals surface area contributed by atoms with Crippen LogP contribution in [0.15, 0.2) is 12.7 Å². The van der Waals surface area contributed by atoms with E-state index in [-0.39, 0.29) is 12.0 Å². The molecule has 4 heteroatoms. The van der Waals surface area contributed by atoms with E-state index in [2.05, 4.69) is 23.8 Å². The Morgan fingerprint density at radius 1 is 1.71 bits per heavy atom. The van der Waals surface area contributed by atoms with Crippen LogP contribution >= 0.6 is 0 Å². The number of carbonyl (C=O) groups excluding carboxylic acids is 1. The molecule has 17 heavy (non-hydrogen) atoms. The summed E-state index contributed by atoms with van der Waals surface area (Å²) in [5.41, 5.74) is 0. The van der Waals surface area contributed by atoms with Gasteiger partial charge >= 0.3 is 0 Å². The van der Waals surface area contributed by atoms with Crippen LogP contribution in [0, 0.1) is 5.92 Å². The molecule has 1 amide bonds. The fourth-order valence-corrected chi connectivity index (χ4v) is 1.99. The van der Waals surface area contributed by atoms with Crippen molar-refractivity contribution in [2.75, 3.05) is 33.3 Å². The van der Waals surface area contributed by atoms with Crippen LogP contribution in [0.2, 0.25) is 0 Å². The van der Waals surface area contributed by atoms with Crippen molar-refractivity contribution in [2.45, 2.75) is 25.9 Å². The van der Waals surface area contributed by atoms with Gasteiger partial charge in [0.1, 0.15) is 6.10 Å². The maximum absolute atomic E-state index is 11.7. The molecule has 0 spiro atoms. The van der Waals surface area contributed by atoms with E-state index in [9.17, 15) is 4.79 Å². The molecule has 0 aromatic heterocycles. The second-order valence-corrected chi connectivity index (χ2v) is 4.75. The predicted molar refractivity (Wildman–Crippen MR) is 68.8 cm³/mol. The zero-order valence-electron chi connectivity index (χ0n) is 10.9. The van der Waals surface area contributed by atoms with Crippen molar-refractivity contribution in [3.8, 4) is 0 Å². The number of amides is 1. The Kier molecular flexibility index (Phi) is 6.22. The first-order chi connectivity index (χ1) is 8.13. The van der Waals surface area contributed by atoms with Crippen LogP contribution in [0.3, 0.4) is 0 Å². The van der Waals surface area contributed by atoms with E-state index in [1.165, 1.54) is 6.42 Å². The summed E-state index contributed by atoms with van der Waals surface area (Å²) < 4.78 is 5.39. The first-order valence-electron chi connectivity index (χ1n) is 6.32. The van der Waals surface area contributed by atoms with E-state index in [1.807, 2.05) is 0 Å². The Balaban J connectivity index is 2.13. The zero-order valence-corrected chi connectivity index (χ0v) is 10.9. The van der Waals surface area contributed by atoms with Crippen LogP contribution in [0.5, 0.6) is 0 Å². The fourth-order valence-electron chi connectivity index (χ4n) is 1.99. The van der Waals surface area contributed by atoms with Crippen molar-refractivity contribution in [2.24, 2.45) is 5.92 Å². The van der Waals surface area contributed by atoms with Gasteiger partial charge < -0.3 is 15.0 Å². The third kappa shape index (κ3) is 5.33. The zero-order chi connectivity index (χ0) is 12.7. The number of rotatable bonds is 7. The van der Waals surface area contributed by atoms with E-state index < -0.39 is 0 Å². The number of hydrogen-bond donors (Lipinski definition) is 1. The number of nitrogens with one attached hydrogen (secondary N) is 1. The average Bonchev–Trinajstić information content (AvgIpc) is 2.72. The average molecular weight is 240 g/mol. The molecule has 0 radical (unpaired) electrons. The maximum Gasteiger partial charge on any atom is 0.248 e. The summed E-state index contributed by atoms with van der Waals surface area (Å²) in [5.74, 6) is 0.577. The maximum atomic E-state index is 11.7. The van der Waals surface area contributed by atoms with Crippen molar-refractivity contribution in [3.63, 3.8) is 0 Å². The topological polar surface area (TPSA) is 41.6 Å². The van der Waals surface area contributed by atoms with E-state index in [4.69, 9.17) is 4.74 Å². The molecule has 0 aliphatic carbocycles. The highest BCUT2D eigenvalue weighted by Gasteiger charge is 2.21. The number of hydrogen-bond acceptors (Lipinski definition) is 3. The van der Waals surface area contributed by atoms with Crippen LogP contribution in [0.4, 0.5) is 0 Å². The van der Waals surface area contributed by atoms with Gasteiger partial charge in [0, 0.05) is 13.1 Å². The summed E-state index contributed by atoms with van der Waals surface area (Å²) in [6.07, 6.45) is 3.38. The fraction of sp³-hybridized carbons (Fsp3) is 0.769. The summed E-state index contributed by atoms with van der Waals surface area (Å²) in [6, 6.07) is 0. The van der Waals surface area contributed by atoms with Crippen molar-refractivity contribution >= 4 is 5.91 Å². The first kappa shape index (κ1) is 14.2. The van der Waals surface area contributed by atoms with Gasteiger partial charge in [0.15, 0.2) is 0 Å². The second-order valence-electron chi connectivity index (χ2n) is 4.75. The van der Waals surface area contributed by atoms with Crippen molar-refractivity contribution in [1.29, 1.82) is 0 Å². The molecule has 1 N–H and O–H groups in total. The summed E-state index contributed by atoms with van der Waals surface area (Å²) in [5, 5.41) is 2.96. The number of ether oxygens (including phenoxy) is 1. The number of carbonyl (C=O) groups is 1. The Labute approximate surface area is 104 Å². The monoisotopic (exact) mass is 240 g/mol. The minimum atomic E-state index is -0.367. The molecule has 1 aliphatic heterocycles. The van der Waals surface area contributed by atoms with Gasteiger partial charge in [-0.3, -0.25) is 4.79 Å². The molecule has 0 aromatic rings. The molecular weight excluding hydrogens is 216 g/mol. The van der Waals surface area contributed by atoms with Gasteiger partial charge in [-0.25, -0.2) is 0 Å². The molecule has 98 valence electrons. The van der Waals surface area contributed by atoms with Crippen molar-refractivity contribution < 1.29 is 9.53 Å². The molecule has 4 nitrogen and oxygen atoms in total. The highest BCUT2D eigenvalue weighted by molar-refractivity contribution is 5.80. The summed E-state index contributed by atoms with van der Waals surface area (Å²) in [4.78, 5) is 14.0. The number of nitrogens with zero attached hydrogens (tertiary/aromatic N) is 1. The lowest BCUT2D eigenvalue weighted by Gasteiger charge is -2.15. The molecule has 1 rings (SSSR count). The van der Waals surface area contributed by atoms with Crippen LogP contribution < -0.4 is 5.32 Å². The van der Waals surface area contributed by atoms with Gasteiger partial charge in [0.05, 0.1) is 6.61 Å². The molecule has 1 aliphatic rings. The van der Waals surface area contributed by atoms with Crippen LogP contribution in [-0.4, -0.2) is 50.2 Å². The summed E-state index contributed by atoms with van der Waals surface area (Å²) >= 11 is 0. The van der Waals surface area contributed by atoms with Gasteiger partial charge in [0.25, 0.3) is 0 Å². The molecule has 1 fully saturated rings. The molecule has 0 aromatic carbocycles. The molecule has 0 bridgehead atoms. The Morgan fingerprint density at radius 3 is 3.06 bits per heavy atom. The predicted octanol–water partition coefficient (Wildman–Crippen LogP) is 1.04. The van der Waals surface area contributed by atoms with E-state index in [1.54, 1.807) is 13.0 Å². The molecule has 1 saturated heterocycles. The first-order valence-corrected chi connectivity index (χ1v) is 6.32. The van der Waals surface area contributed by atoms with E-state index >= 15 is 0 Å². The normalized spacial score (nSPS) is 22.4. The standard InChI is InChI=1S/C13H24N2O2/c1-4-5-8-17-11(2)13(16)14-9-12-6-7-15(3)10-12/h4,11-12H,1,5-10H2,2-3H3,(H,14,16)/t11-,12-/m1/s1. The molecule has 1 heterocycles. The van der Waals surface area contributed by atoms with Crippen molar-refractivity contribution in [3.05, 3.63) is 12.7 Å². The lowest BCUT2D eigenvalue weighted by atomic mass is 10.1. The lowest BCUT2D eigenvalue weighted by molar-refractivity contribution is -0.131. The van der Waals surface area contributed by atoms with Crippen molar-refractivity contribution in [1.82, 2.24) is 10.2 Å². The van der Waals surface area contributed by atoms with Gasteiger partial charge in [-0.2, -0.15) is 0 Å². The van der Waals surface area contributed by atoms with Crippen LogP contribution in [-0.2, 0) is 9.53 Å². The highest BCUT2D eigenvalue weighted by atomic mass is 16.5.